The first-order valence-electron chi connectivity index (χ1n) is 13.9. The van der Waals surface area contributed by atoms with Crippen LogP contribution in [-0.4, -0.2) is 58.4 Å². The van der Waals surface area contributed by atoms with Crippen molar-refractivity contribution in [2.75, 3.05) is 18.1 Å². The summed E-state index contributed by atoms with van der Waals surface area (Å²) in [6.07, 6.45) is 6.99. The summed E-state index contributed by atoms with van der Waals surface area (Å²) in [7, 11) is 0. The molecule has 0 saturated heterocycles. The molecule has 1 aliphatic carbocycles. The number of aliphatic hydroxyl groups is 3. The molecule has 0 aromatic heterocycles. The topological polar surface area (TPSA) is 101 Å². The SMILES string of the molecule is CC1/C=C\C(C(O)NN2CCCc3cc(F)ccc32)=C/CN=C(CCC2CC2C(O)O)C(c2ccc(F)cc2)=N1. The van der Waals surface area contributed by atoms with E-state index in [1.807, 2.05) is 30.2 Å². The number of fused-ring (bicyclic) bond motifs is 1. The smallest absolute Gasteiger partial charge is 0.154 e. The van der Waals surface area contributed by atoms with Gasteiger partial charge in [0.15, 0.2) is 6.29 Å². The van der Waals surface area contributed by atoms with E-state index in [0.29, 0.717) is 30.8 Å². The van der Waals surface area contributed by atoms with Gasteiger partial charge in [-0.15, -0.1) is 0 Å². The van der Waals surface area contributed by atoms with Gasteiger partial charge in [0, 0.05) is 18.0 Å². The van der Waals surface area contributed by atoms with Crippen LogP contribution in [0.3, 0.4) is 0 Å². The third kappa shape index (κ3) is 6.90. The molecule has 0 spiro atoms. The average molecular weight is 551 g/mol. The molecule has 4 atom stereocenters. The summed E-state index contributed by atoms with van der Waals surface area (Å²) in [5, 5.41) is 32.0. The van der Waals surface area contributed by atoms with Gasteiger partial charge in [0.1, 0.15) is 17.9 Å². The number of nitrogens with one attached hydrogen (secondary N) is 1. The maximum absolute atomic E-state index is 13.7. The molecule has 7 nitrogen and oxygen atoms in total. The van der Waals surface area contributed by atoms with E-state index in [2.05, 4.69) is 5.43 Å². The first-order valence-corrected chi connectivity index (χ1v) is 13.9. The number of aliphatic imine (C=N–C) groups is 2. The summed E-state index contributed by atoms with van der Waals surface area (Å²) in [5.41, 5.74) is 7.76. The lowest BCUT2D eigenvalue weighted by Crippen LogP contribution is -2.48. The van der Waals surface area contributed by atoms with Gasteiger partial charge in [-0.3, -0.25) is 9.98 Å². The molecule has 0 amide bonds. The monoisotopic (exact) mass is 550 g/mol. The Labute approximate surface area is 233 Å². The maximum Gasteiger partial charge on any atom is 0.154 e. The van der Waals surface area contributed by atoms with E-state index in [1.54, 1.807) is 18.2 Å². The molecule has 2 heterocycles. The molecule has 2 aromatic carbocycles. The van der Waals surface area contributed by atoms with Gasteiger partial charge in [-0.05, 0) is 98.5 Å². The summed E-state index contributed by atoms with van der Waals surface area (Å²) in [6.45, 7) is 2.91. The molecular weight excluding hydrogens is 514 g/mol. The Bertz CT molecular complexity index is 1320. The summed E-state index contributed by atoms with van der Waals surface area (Å²) < 4.78 is 27.4. The lowest BCUT2D eigenvalue weighted by atomic mass is 9.99. The van der Waals surface area contributed by atoms with Crippen molar-refractivity contribution in [2.24, 2.45) is 21.8 Å². The Hall–Kier alpha value is -3.24. The highest BCUT2D eigenvalue weighted by molar-refractivity contribution is 6.48. The van der Waals surface area contributed by atoms with Gasteiger partial charge in [0.05, 0.1) is 29.7 Å². The number of benzene rings is 2. The van der Waals surface area contributed by atoms with Crippen LogP contribution < -0.4 is 10.4 Å². The summed E-state index contributed by atoms with van der Waals surface area (Å²) in [4.78, 5) is 9.78. The summed E-state index contributed by atoms with van der Waals surface area (Å²) in [5.74, 6) is -0.503. The van der Waals surface area contributed by atoms with Crippen LogP contribution in [0.5, 0.6) is 0 Å². The van der Waals surface area contributed by atoms with Crippen molar-refractivity contribution in [3.05, 3.63) is 89.0 Å². The molecule has 4 unspecified atom stereocenters. The number of aryl methyl sites for hydroxylation is 1. The lowest BCUT2D eigenvalue weighted by Gasteiger charge is -2.33. The first kappa shape index (κ1) is 28.3. The molecule has 1 saturated carbocycles. The predicted octanol–water partition coefficient (Wildman–Crippen LogP) is 4.08. The maximum atomic E-state index is 13.7. The van der Waals surface area contributed by atoms with Gasteiger partial charge in [0.25, 0.3) is 0 Å². The van der Waals surface area contributed by atoms with Crippen molar-refractivity contribution in [3.63, 3.8) is 0 Å². The van der Waals surface area contributed by atoms with Crippen molar-refractivity contribution in [1.82, 2.24) is 5.43 Å². The van der Waals surface area contributed by atoms with Crippen LogP contribution in [0.1, 0.15) is 43.7 Å². The van der Waals surface area contributed by atoms with E-state index < -0.39 is 12.5 Å². The zero-order valence-electron chi connectivity index (χ0n) is 22.5. The van der Waals surface area contributed by atoms with Crippen LogP contribution in [0.4, 0.5) is 14.5 Å². The third-order valence-corrected chi connectivity index (χ3v) is 7.77. The van der Waals surface area contributed by atoms with Crippen molar-refractivity contribution in [1.29, 1.82) is 0 Å². The van der Waals surface area contributed by atoms with E-state index in [9.17, 15) is 24.1 Å². The molecule has 2 aromatic rings. The molecule has 0 bridgehead atoms. The second-order valence-corrected chi connectivity index (χ2v) is 10.7. The van der Waals surface area contributed by atoms with E-state index in [0.717, 1.165) is 48.2 Å². The molecule has 212 valence electrons. The van der Waals surface area contributed by atoms with E-state index >= 15 is 0 Å². The number of halogens is 2. The molecule has 1 fully saturated rings. The van der Waals surface area contributed by atoms with Crippen LogP contribution in [-0.2, 0) is 6.42 Å². The standard InChI is InChI=1S/C31H36F2N4O3/c1-19-4-5-21(30(38)36-37-16-2-3-23-17-25(33)11-13-28(23)37)14-15-34-27(12-8-22-18-26(22)31(39)40)29(35-19)20-6-9-24(32)10-7-20/h4-7,9-11,13-14,17,19,22,26,30-31,36,38-40H,2-3,8,12,15-16,18H2,1H3/b5-4-,21-14+,34-27?,35-29?. The highest BCUT2D eigenvalue weighted by atomic mass is 19.1. The number of hydrogen-bond donors (Lipinski definition) is 4. The second-order valence-electron chi connectivity index (χ2n) is 10.7. The Kier molecular flexibility index (Phi) is 8.85. The molecule has 40 heavy (non-hydrogen) atoms. The Morgan fingerprint density at radius 3 is 2.60 bits per heavy atom. The number of rotatable bonds is 8. The average Bonchev–Trinajstić information content (AvgIpc) is 3.72. The lowest BCUT2D eigenvalue weighted by molar-refractivity contribution is -0.0602. The zero-order chi connectivity index (χ0) is 28.2. The second kappa shape index (κ2) is 12.5. The largest absolute Gasteiger partial charge is 0.373 e. The summed E-state index contributed by atoms with van der Waals surface area (Å²) in [6, 6.07) is 10.6. The first-order chi connectivity index (χ1) is 19.3. The molecular formula is C31H36F2N4O3. The van der Waals surface area contributed by atoms with Crippen LogP contribution in [0.15, 0.2) is 76.3 Å². The number of nitrogens with zero attached hydrogens (tertiary/aromatic N) is 3. The van der Waals surface area contributed by atoms with E-state index in [-0.39, 0.29) is 29.5 Å². The predicted molar refractivity (Wildman–Crippen MR) is 152 cm³/mol. The number of aliphatic hydroxyl groups excluding tert-OH is 2. The van der Waals surface area contributed by atoms with Crippen LogP contribution in [0.25, 0.3) is 0 Å². The van der Waals surface area contributed by atoms with Crippen LogP contribution >= 0.6 is 0 Å². The third-order valence-electron chi connectivity index (χ3n) is 7.77. The molecule has 3 aliphatic rings. The molecule has 5 rings (SSSR count). The van der Waals surface area contributed by atoms with Gasteiger partial charge >= 0.3 is 0 Å². The highest BCUT2D eigenvalue weighted by Gasteiger charge is 2.41. The fourth-order valence-electron chi connectivity index (χ4n) is 5.44. The normalized spacial score (nSPS) is 25.8. The van der Waals surface area contributed by atoms with Crippen molar-refractivity contribution in [2.45, 2.75) is 57.6 Å². The van der Waals surface area contributed by atoms with Gasteiger partial charge in [0.2, 0.25) is 0 Å². The quantitative estimate of drug-likeness (QED) is 0.371. The van der Waals surface area contributed by atoms with Crippen LogP contribution in [0, 0.1) is 23.5 Å². The van der Waals surface area contributed by atoms with Gasteiger partial charge < -0.3 is 20.3 Å². The number of hydrogen-bond acceptors (Lipinski definition) is 7. The van der Waals surface area contributed by atoms with Crippen molar-refractivity contribution < 1.29 is 24.1 Å². The Morgan fingerprint density at radius 2 is 1.85 bits per heavy atom. The number of hydrazine groups is 1. The van der Waals surface area contributed by atoms with Crippen molar-refractivity contribution >= 4 is 17.1 Å². The van der Waals surface area contributed by atoms with Gasteiger partial charge in [-0.25, -0.2) is 14.2 Å². The highest BCUT2D eigenvalue weighted by Crippen LogP contribution is 2.44. The Balaban J connectivity index is 1.37. The van der Waals surface area contributed by atoms with Crippen LogP contribution in [0.2, 0.25) is 0 Å². The molecule has 2 aliphatic heterocycles. The zero-order valence-corrected chi connectivity index (χ0v) is 22.5. The minimum absolute atomic E-state index is 0.114. The molecule has 9 heteroatoms. The van der Waals surface area contributed by atoms with Crippen molar-refractivity contribution in [3.8, 4) is 0 Å². The van der Waals surface area contributed by atoms with Gasteiger partial charge in [-0.2, -0.15) is 0 Å². The fourth-order valence-corrected chi connectivity index (χ4v) is 5.44. The van der Waals surface area contributed by atoms with Gasteiger partial charge in [-0.1, -0.05) is 18.2 Å². The molecule has 0 radical (unpaired) electrons. The van der Waals surface area contributed by atoms with E-state index in [1.165, 1.54) is 24.3 Å². The minimum Gasteiger partial charge on any atom is -0.373 e. The number of anilines is 1. The summed E-state index contributed by atoms with van der Waals surface area (Å²) >= 11 is 0. The van der Waals surface area contributed by atoms with E-state index in [4.69, 9.17) is 9.98 Å². The Morgan fingerprint density at radius 1 is 1.07 bits per heavy atom. The minimum atomic E-state index is -1.31. The molecule has 4 N–H and O–H groups in total. The fraction of sp³-hybridized carbons (Fsp3) is 0.419.